The van der Waals surface area contributed by atoms with Crippen LogP contribution in [-0.4, -0.2) is 70.3 Å². The lowest BCUT2D eigenvalue weighted by molar-refractivity contribution is 0.233. The Bertz CT molecular complexity index is 497. The molecule has 0 radical (unpaired) electrons. The molecule has 1 aromatic rings. The molecule has 0 saturated carbocycles. The number of hydrogen-bond donors (Lipinski definition) is 3. The quantitative estimate of drug-likeness (QED) is 0.758. The predicted molar refractivity (Wildman–Crippen MR) is 107 cm³/mol. The number of nitrogens with one attached hydrogen (secondary N) is 3. The van der Waals surface area contributed by atoms with Crippen molar-refractivity contribution >= 4 is 17.3 Å². The fraction of sp³-hybridized carbons (Fsp3) is 0.684. The smallest absolute Gasteiger partial charge is 0.0642 e. The second-order valence-corrected chi connectivity index (χ2v) is 7.38. The van der Waals surface area contributed by atoms with E-state index in [0.29, 0.717) is 0 Å². The minimum atomic E-state index is 0.912. The van der Waals surface area contributed by atoms with E-state index in [1.165, 1.54) is 24.1 Å². The van der Waals surface area contributed by atoms with Crippen LogP contribution in [-0.2, 0) is 6.54 Å². The van der Waals surface area contributed by atoms with Crippen molar-refractivity contribution < 1.29 is 0 Å². The first kappa shape index (κ1) is 18.9. The highest BCUT2D eigenvalue weighted by molar-refractivity contribution is 6.33. The molecule has 140 valence electrons. The molecule has 3 aliphatic rings. The number of anilines is 1. The van der Waals surface area contributed by atoms with Crippen molar-refractivity contribution in [2.24, 2.45) is 0 Å². The molecular formula is C19H32ClN5. The third-order valence-corrected chi connectivity index (χ3v) is 5.36. The highest BCUT2D eigenvalue weighted by Gasteiger charge is 2.20. The van der Waals surface area contributed by atoms with Gasteiger partial charge in [0.25, 0.3) is 0 Å². The SMILES string of the molecule is C1CNCCN1.Clc1cccc(CN2CCNCC2)c1N1CCCC1. The minimum Gasteiger partial charge on any atom is -0.370 e. The van der Waals surface area contributed by atoms with Crippen molar-refractivity contribution in [3.05, 3.63) is 28.8 Å². The summed E-state index contributed by atoms with van der Waals surface area (Å²) in [4.78, 5) is 4.97. The van der Waals surface area contributed by atoms with Crippen molar-refractivity contribution in [1.82, 2.24) is 20.9 Å². The zero-order chi connectivity index (χ0) is 17.3. The maximum Gasteiger partial charge on any atom is 0.0642 e. The first-order valence-corrected chi connectivity index (χ1v) is 10.1. The molecule has 0 amide bonds. The zero-order valence-electron chi connectivity index (χ0n) is 15.2. The van der Waals surface area contributed by atoms with E-state index in [0.717, 1.165) is 77.0 Å². The normalized spacial score (nSPS) is 21.7. The van der Waals surface area contributed by atoms with E-state index >= 15 is 0 Å². The monoisotopic (exact) mass is 365 g/mol. The molecule has 1 aromatic carbocycles. The van der Waals surface area contributed by atoms with Crippen molar-refractivity contribution in [2.45, 2.75) is 19.4 Å². The van der Waals surface area contributed by atoms with Gasteiger partial charge in [-0.2, -0.15) is 0 Å². The van der Waals surface area contributed by atoms with Gasteiger partial charge in [-0.15, -0.1) is 0 Å². The Labute approximate surface area is 157 Å². The summed E-state index contributed by atoms with van der Waals surface area (Å²) >= 11 is 6.45. The van der Waals surface area contributed by atoms with E-state index in [1.807, 2.05) is 6.07 Å². The highest BCUT2D eigenvalue weighted by Crippen LogP contribution is 2.33. The Morgan fingerprint density at radius 3 is 2.00 bits per heavy atom. The van der Waals surface area contributed by atoms with Crippen LogP contribution >= 0.6 is 11.6 Å². The van der Waals surface area contributed by atoms with E-state index < -0.39 is 0 Å². The van der Waals surface area contributed by atoms with Gasteiger partial charge in [0, 0.05) is 72.0 Å². The Morgan fingerprint density at radius 1 is 0.800 bits per heavy atom. The molecule has 0 spiro atoms. The number of hydrogen-bond acceptors (Lipinski definition) is 5. The first-order chi connectivity index (χ1) is 12.3. The van der Waals surface area contributed by atoms with Crippen LogP contribution < -0.4 is 20.9 Å². The second kappa shape index (κ2) is 10.3. The molecule has 0 aromatic heterocycles. The lowest BCUT2D eigenvalue weighted by atomic mass is 10.1. The average Bonchev–Trinajstić information content (AvgIpc) is 3.19. The van der Waals surface area contributed by atoms with Gasteiger partial charge >= 0.3 is 0 Å². The van der Waals surface area contributed by atoms with Crippen molar-refractivity contribution in [3.8, 4) is 0 Å². The van der Waals surface area contributed by atoms with Gasteiger partial charge in [0.05, 0.1) is 10.7 Å². The zero-order valence-corrected chi connectivity index (χ0v) is 16.0. The van der Waals surface area contributed by atoms with Gasteiger partial charge in [0.2, 0.25) is 0 Å². The molecule has 3 heterocycles. The summed E-state index contributed by atoms with van der Waals surface area (Å²) in [6.45, 7) is 12.3. The Morgan fingerprint density at radius 2 is 1.40 bits per heavy atom. The van der Waals surface area contributed by atoms with Gasteiger partial charge in [-0.05, 0) is 24.5 Å². The van der Waals surface area contributed by atoms with Crippen molar-refractivity contribution in [2.75, 3.05) is 70.3 Å². The maximum absolute atomic E-state index is 6.45. The molecule has 3 fully saturated rings. The van der Waals surface area contributed by atoms with E-state index in [2.05, 4.69) is 37.9 Å². The molecule has 4 rings (SSSR count). The topological polar surface area (TPSA) is 42.6 Å². The molecular weight excluding hydrogens is 334 g/mol. The molecule has 3 saturated heterocycles. The van der Waals surface area contributed by atoms with Gasteiger partial charge in [0.15, 0.2) is 0 Å². The summed E-state index contributed by atoms with van der Waals surface area (Å²) in [6, 6.07) is 6.34. The summed E-state index contributed by atoms with van der Waals surface area (Å²) in [5.41, 5.74) is 2.66. The van der Waals surface area contributed by atoms with Gasteiger partial charge < -0.3 is 20.9 Å². The number of piperazine rings is 2. The summed E-state index contributed by atoms with van der Waals surface area (Å²) < 4.78 is 0. The number of benzene rings is 1. The van der Waals surface area contributed by atoms with Gasteiger partial charge in [-0.1, -0.05) is 23.7 Å². The van der Waals surface area contributed by atoms with E-state index in [1.54, 1.807) is 0 Å². The lowest BCUT2D eigenvalue weighted by Crippen LogP contribution is -2.43. The van der Waals surface area contributed by atoms with Crippen LogP contribution in [0.3, 0.4) is 0 Å². The molecule has 5 nitrogen and oxygen atoms in total. The van der Waals surface area contributed by atoms with Crippen LogP contribution in [0, 0.1) is 0 Å². The lowest BCUT2D eigenvalue weighted by Gasteiger charge is -2.30. The summed E-state index contributed by atoms with van der Waals surface area (Å²) in [5.74, 6) is 0. The number of rotatable bonds is 3. The number of para-hydroxylation sites is 1. The fourth-order valence-electron chi connectivity index (χ4n) is 3.70. The van der Waals surface area contributed by atoms with E-state index in [4.69, 9.17) is 11.6 Å². The first-order valence-electron chi connectivity index (χ1n) is 9.71. The Balaban J connectivity index is 0.000000258. The van der Waals surface area contributed by atoms with Gasteiger partial charge in [-0.3, -0.25) is 4.90 Å². The third kappa shape index (κ3) is 5.83. The van der Waals surface area contributed by atoms with Crippen LogP contribution in [0.2, 0.25) is 5.02 Å². The van der Waals surface area contributed by atoms with Crippen LogP contribution in [0.15, 0.2) is 18.2 Å². The van der Waals surface area contributed by atoms with Crippen molar-refractivity contribution in [1.29, 1.82) is 0 Å². The van der Waals surface area contributed by atoms with Crippen molar-refractivity contribution in [3.63, 3.8) is 0 Å². The minimum absolute atomic E-state index is 0.912. The van der Waals surface area contributed by atoms with Crippen LogP contribution in [0.1, 0.15) is 18.4 Å². The molecule has 0 bridgehead atoms. The van der Waals surface area contributed by atoms with Crippen LogP contribution in [0.25, 0.3) is 0 Å². The molecule has 3 N–H and O–H groups in total. The molecule has 3 aliphatic heterocycles. The highest BCUT2D eigenvalue weighted by atomic mass is 35.5. The van der Waals surface area contributed by atoms with Crippen LogP contribution in [0.4, 0.5) is 5.69 Å². The predicted octanol–water partition coefficient (Wildman–Crippen LogP) is 1.52. The second-order valence-electron chi connectivity index (χ2n) is 6.97. The summed E-state index contributed by atoms with van der Waals surface area (Å²) in [6.07, 6.45) is 2.58. The fourth-order valence-corrected chi connectivity index (χ4v) is 4.01. The van der Waals surface area contributed by atoms with Gasteiger partial charge in [0.1, 0.15) is 0 Å². The van der Waals surface area contributed by atoms with Crippen LogP contribution in [0.5, 0.6) is 0 Å². The molecule has 0 unspecified atom stereocenters. The Hall–Kier alpha value is -0.850. The number of halogens is 1. The Kier molecular flexibility index (Phi) is 7.82. The molecule has 6 heteroatoms. The number of nitrogens with zero attached hydrogens (tertiary/aromatic N) is 2. The third-order valence-electron chi connectivity index (χ3n) is 5.05. The maximum atomic E-state index is 6.45. The summed E-state index contributed by atoms with van der Waals surface area (Å²) in [7, 11) is 0. The average molecular weight is 366 g/mol. The molecule has 25 heavy (non-hydrogen) atoms. The molecule has 0 atom stereocenters. The standard InChI is InChI=1S/C15H22ClN3.C4H10N2/c16-14-5-3-4-13(12-18-10-6-17-7-11-18)15(14)19-8-1-2-9-19;1-2-6-4-3-5-1/h3-5,17H,1-2,6-12H2;5-6H,1-4H2. The van der Waals surface area contributed by atoms with Gasteiger partial charge in [-0.25, -0.2) is 0 Å². The summed E-state index contributed by atoms with van der Waals surface area (Å²) in [5, 5.41) is 10.8. The largest absolute Gasteiger partial charge is 0.370 e. The van der Waals surface area contributed by atoms with E-state index in [-0.39, 0.29) is 0 Å². The molecule has 0 aliphatic carbocycles. The van der Waals surface area contributed by atoms with E-state index in [9.17, 15) is 0 Å².